The minimum absolute atomic E-state index is 0.226. The molecule has 0 radical (unpaired) electrons. The first kappa shape index (κ1) is 19.5. The summed E-state index contributed by atoms with van der Waals surface area (Å²) in [6.07, 6.45) is 0.355. The summed E-state index contributed by atoms with van der Waals surface area (Å²) in [6.45, 7) is 3.40. The number of nitriles is 1. The quantitative estimate of drug-likeness (QED) is 0.841. The van der Waals surface area contributed by atoms with Gasteiger partial charge < -0.3 is 10.1 Å². The van der Waals surface area contributed by atoms with Crippen molar-refractivity contribution < 1.29 is 17.9 Å². The molecular weight excluding hydrogens is 352 g/mol. The van der Waals surface area contributed by atoms with Crippen LogP contribution in [0.4, 0.5) is 0 Å². The van der Waals surface area contributed by atoms with Gasteiger partial charge >= 0.3 is 0 Å². The molecule has 0 saturated heterocycles. The van der Waals surface area contributed by atoms with Crippen LogP contribution in [0.25, 0.3) is 0 Å². The Morgan fingerprint density at radius 1 is 1.12 bits per heavy atom. The molecule has 1 N–H and O–H groups in total. The summed E-state index contributed by atoms with van der Waals surface area (Å²) in [7, 11) is -3.26. The Morgan fingerprint density at radius 3 is 2.31 bits per heavy atom. The van der Waals surface area contributed by atoms with Crippen molar-refractivity contribution in [3.63, 3.8) is 0 Å². The van der Waals surface area contributed by atoms with Crippen LogP contribution in [-0.2, 0) is 14.6 Å². The van der Waals surface area contributed by atoms with E-state index in [-0.39, 0.29) is 16.8 Å². The van der Waals surface area contributed by atoms with E-state index in [2.05, 4.69) is 5.32 Å². The molecule has 2 aromatic carbocycles. The molecular formula is C19H20N2O4S. The minimum atomic E-state index is -3.26. The van der Waals surface area contributed by atoms with E-state index in [1.54, 1.807) is 50.2 Å². The SMILES string of the molecule is CC(Oc1ccccc1C#N)C(=O)NC(C)c1ccc(S(C)(=O)=O)cc1. The van der Waals surface area contributed by atoms with Gasteiger partial charge in [-0.25, -0.2) is 8.42 Å². The first-order valence-electron chi connectivity index (χ1n) is 7.98. The molecule has 0 bridgehead atoms. The Labute approximate surface area is 153 Å². The van der Waals surface area contributed by atoms with Crippen LogP contribution in [0.1, 0.15) is 31.0 Å². The van der Waals surface area contributed by atoms with Gasteiger partial charge in [0.25, 0.3) is 5.91 Å². The molecule has 0 saturated carbocycles. The average molecular weight is 372 g/mol. The summed E-state index contributed by atoms with van der Waals surface area (Å²) in [5.41, 5.74) is 1.13. The topological polar surface area (TPSA) is 96.3 Å². The highest BCUT2D eigenvalue weighted by Crippen LogP contribution is 2.19. The summed E-state index contributed by atoms with van der Waals surface area (Å²) in [5.74, 6) is 0.0141. The van der Waals surface area contributed by atoms with Crippen LogP contribution < -0.4 is 10.1 Å². The Balaban J connectivity index is 2.03. The fourth-order valence-corrected chi connectivity index (χ4v) is 2.95. The zero-order chi connectivity index (χ0) is 19.3. The molecule has 1 amide bonds. The van der Waals surface area contributed by atoms with E-state index >= 15 is 0 Å². The predicted octanol–water partition coefficient (Wildman–Crippen LogP) is 2.61. The molecule has 0 aromatic heterocycles. The van der Waals surface area contributed by atoms with Gasteiger partial charge in [-0.15, -0.1) is 0 Å². The van der Waals surface area contributed by atoms with Gasteiger partial charge in [-0.2, -0.15) is 5.26 Å². The van der Waals surface area contributed by atoms with E-state index in [0.29, 0.717) is 11.3 Å². The molecule has 0 fully saturated rings. The molecule has 2 atom stereocenters. The maximum atomic E-state index is 12.3. The maximum Gasteiger partial charge on any atom is 0.261 e. The molecule has 26 heavy (non-hydrogen) atoms. The molecule has 2 rings (SSSR count). The van der Waals surface area contributed by atoms with Gasteiger partial charge in [-0.05, 0) is 43.7 Å². The number of ether oxygens (including phenoxy) is 1. The third-order valence-electron chi connectivity index (χ3n) is 3.85. The van der Waals surface area contributed by atoms with E-state index in [1.165, 1.54) is 12.1 Å². The molecule has 2 unspecified atom stereocenters. The fourth-order valence-electron chi connectivity index (χ4n) is 2.32. The van der Waals surface area contributed by atoms with Gasteiger partial charge in [-0.1, -0.05) is 24.3 Å². The third-order valence-corrected chi connectivity index (χ3v) is 4.98. The summed E-state index contributed by atoms with van der Waals surface area (Å²) >= 11 is 0. The van der Waals surface area contributed by atoms with Crippen molar-refractivity contribution >= 4 is 15.7 Å². The lowest BCUT2D eigenvalue weighted by Gasteiger charge is -2.19. The molecule has 2 aromatic rings. The van der Waals surface area contributed by atoms with E-state index in [4.69, 9.17) is 10.00 Å². The zero-order valence-electron chi connectivity index (χ0n) is 14.8. The molecule has 136 valence electrons. The average Bonchev–Trinajstić information content (AvgIpc) is 2.61. The van der Waals surface area contributed by atoms with Crippen molar-refractivity contribution in [2.45, 2.75) is 30.9 Å². The molecule has 0 aliphatic heterocycles. The van der Waals surface area contributed by atoms with Crippen molar-refractivity contribution in [2.75, 3.05) is 6.26 Å². The number of nitrogens with zero attached hydrogens (tertiary/aromatic N) is 1. The van der Waals surface area contributed by atoms with Gasteiger partial charge in [0.05, 0.1) is 16.5 Å². The van der Waals surface area contributed by atoms with E-state index < -0.39 is 15.9 Å². The Bertz CT molecular complexity index is 931. The number of carbonyl (C=O) groups excluding carboxylic acids is 1. The Morgan fingerprint density at radius 2 is 1.73 bits per heavy atom. The minimum Gasteiger partial charge on any atom is -0.480 e. The second-order valence-corrected chi connectivity index (χ2v) is 7.96. The van der Waals surface area contributed by atoms with Gasteiger partial charge in [0.1, 0.15) is 11.8 Å². The molecule has 0 aliphatic rings. The monoisotopic (exact) mass is 372 g/mol. The summed E-state index contributed by atoms with van der Waals surface area (Å²) < 4.78 is 28.6. The molecule has 7 heteroatoms. The van der Waals surface area contributed by atoms with Crippen molar-refractivity contribution in [1.82, 2.24) is 5.32 Å². The number of hydrogen-bond acceptors (Lipinski definition) is 5. The van der Waals surface area contributed by atoms with Crippen LogP contribution in [-0.4, -0.2) is 26.7 Å². The van der Waals surface area contributed by atoms with E-state index in [9.17, 15) is 13.2 Å². The summed E-state index contributed by atoms with van der Waals surface area (Å²) in [5, 5.41) is 11.9. The highest BCUT2D eigenvalue weighted by atomic mass is 32.2. The van der Waals surface area contributed by atoms with E-state index in [1.807, 2.05) is 6.07 Å². The normalized spacial score (nSPS) is 13.3. The lowest BCUT2D eigenvalue weighted by molar-refractivity contribution is -0.127. The second kappa shape index (κ2) is 8.02. The van der Waals surface area contributed by atoms with Crippen LogP contribution in [0.15, 0.2) is 53.4 Å². The van der Waals surface area contributed by atoms with Gasteiger partial charge in [0.2, 0.25) is 0 Å². The van der Waals surface area contributed by atoms with E-state index in [0.717, 1.165) is 11.8 Å². The number of para-hydroxylation sites is 1. The number of sulfone groups is 1. The first-order chi connectivity index (χ1) is 12.2. The summed E-state index contributed by atoms with van der Waals surface area (Å²) in [6, 6.07) is 14.7. The highest BCUT2D eigenvalue weighted by Gasteiger charge is 2.19. The lowest BCUT2D eigenvalue weighted by atomic mass is 10.1. The lowest BCUT2D eigenvalue weighted by Crippen LogP contribution is -2.37. The summed E-state index contributed by atoms with van der Waals surface area (Å²) in [4.78, 5) is 12.6. The van der Waals surface area contributed by atoms with Crippen molar-refractivity contribution in [3.05, 3.63) is 59.7 Å². The number of benzene rings is 2. The van der Waals surface area contributed by atoms with Crippen LogP contribution >= 0.6 is 0 Å². The van der Waals surface area contributed by atoms with Gasteiger partial charge in [-0.3, -0.25) is 4.79 Å². The van der Waals surface area contributed by atoms with Crippen molar-refractivity contribution in [2.24, 2.45) is 0 Å². The first-order valence-corrected chi connectivity index (χ1v) is 9.87. The standard InChI is InChI=1S/C19H20N2O4S/c1-13(15-8-10-17(11-9-15)26(3,23)24)21-19(22)14(2)25-18-7-5-4-6-16(18)12-20/h4-11,13-14H,1-3H3,(H,21,22). The second-order valence-electron chi connectivity index (χ2n) is 5.94. The van der Waals surface area contributed by atoms with Crippen molar-refractivity contribution in [1.29, 1.82) is 5.26 Å². The smallest absolute Gasteiger partial charge is 0.261 e. The number of carbonyl (C=O) groups is 1. The van der Waals surface area contributed by atoms with Crippen molar-refractivity contribution in [3.8, 4) is 11.8 Å². The van der Waals surface area contributed by atoms with Gasteiger partial charge in [0.15, 0.2) is 15.9 Å². The Hall–Kier alpha value is -2.85. The molecule has 0 spiro atoms. The maximum absolute atomic E-state index is 12.3. The molecule has 0 aliphatic carbocycles. The third kappa shape index (κ3) is 4.83. The largest absolute Gasteiger partial charge is 0.480 e. The number of amides is 1. The van der Waals surface area contributed by atoms with Crippen LogP contribution in [0.5, 0.6) is 5.75 Å². The van der Waals surface area contributed by atoms with Crippen LogP contribution in [0.3, 0.4) is 0 Å². The predicted molar refractivity (Wildman–Crippen MR) is 97.4 cm³/mol. The number of hydrogen-bond donors (Lipinski definition) is 1. The Kier molecular flexibility index (Phi) is 6.01. The fraction of sp³-hybridized carbons (Fsp3) is 0.263. The number of rotatable bonds is 6. The van der Waals surface area contributed by atoms with Crippen LogP contribution in [0.2, 0.25) is 0 Å². The zero-order valence-corrected chi connectivity index (χ0v) is 15.6. The number of nitrogens with one attached hydrogen (secondary N) is 1. The molecule has 0 heterocycles. The highest BCUT2D eigenvalue weighted by molar-refractivity contribution is 7.90. The van der Waals surface area contributed by atoms with Crippen LogP contribution in [0, 0.1) is 11.3 Å². The molecule has 6 nitrogen and oxygen atoms in total. The van der Waals surface area contributed by atoms with Gasteiger partial charge in [0, 0.05) is 6.26 Å².